The topological polar surface area (TPSA) is 70.6 Å². The molecule has 0 radical (unpaired) electrons. The molecular weight excluding hydrogens is 323 g/mol. The maximum absolute atomic E-state index is 13.6. The van der Waals surface area contributed by atoms with Crippen LogP contribution in [-0.2, 0) is 11.3 Å². The molecule has 1 fully saturated rings. The number of benzene rings is 2. The van der Waals surface area contributed by atoms with Crippen LogP contribution < -0.4 is 15.4 Å². The summed E-state index contributed by atoms with van der Waals surface area (Å²) in [7, 11) is 0. The van der Waals surface area contributed by atoms with Crippen molar-refractivity contribution >= 4 is 5.91 Å². The monoisotopic (exact) mass is 344 g/mol. The van der Waals surface area contributed by atoms with Gasteiger partial charge >= 0.3 is 0 Å². The molecule has 0 unspecified atom stereocenters. The summed E-state index contributed by atoms with van der Waals surface area (Å²) in [6, 6.07) is 13.4. The molecule has 5 nitrogen and oxygen atoms in total. The standard InChI is InChI=1S/C19H21FN2O3/c20-16-6-1-2-7-18(16)25-15-5-3-4-13(8-15)10-22-19(24)9-14-11-21-12-17(14)23/h1-8,14,17,21,23H,9-12H2,(H,22,24)/t14-,17-/m1/s1. The second kappa shape index (κ2) is 8.09. The van der Waals surface area contributed by atoms with Gasteiger partial charge in [-0.05, 0) is 29.8 Å². The van der Waals surface area contributed by atoms with Crippen molar-refractivity contribution < 1.29 is 19.0 Å². The number of amides is 1. The van der Waals surface area contributed by atoms with Crippen molar-refractivity contribution in [2.45, 2.75) is 19.1 Å². The van der Waals surface area contributed by atoms with Crippen LogP contribution in [-0.4, -0.2) is 30.2 Å². The predicted molar refractivity (Wildman–Crippen MR) is 91.7 cm³/mol. The Kier molecular flexibility index (Phi) is 5.63. The van der Waals surface area contributed by atoms with Gasteiger partial charge in [0.15, 0.2) is 11.6 Å². The number of carbonyl (C=O) groups is 1. The molecular formula is C19H21FN2O3. The lowest BCUT2D eigenvalue weighted by molar-refractivity contribution is -0.122. The molecule has 6 heteroatoms. The van der Waals surface area contributed by atoms with Crippen molar-refractivity contribution in [1.82, 2.24) is 10.6 Å². The van der Waals surface area contributed by atoms with E-state index in [1.807, 2.05) is 6.07 Å². The number of hydrogen-bond donors (Lipinski definition) is 3. The van der Waals surface area contributed by atoms with Crippen LogP contribution in [0.3, 0.4) is 0 Å². The SMILES string of the molecule is O=C(C[C@@H]1CNC[C@H]1O)NCc1cccc(Oc2ccccc2F)c1. The number of aliphatic hydroxyl groups is 1. The maximum atomic E-state index is 13.6. The van der Waals surface area contributed by atoms with Gasteiger partial charge in [0, 0.05) is 32.0 Å². The minimum Gasteiger partial charge on any atom is -0.454 e. The Bertz CT molecular complexity index is 738. The van der Waals surface area contributed by atoms with E-state index in [0.29, 0.717) is 31.8 Å². The smallest absolute Gasteiger partial charge is 0.220 e. The molecule has 3 N–H and O–H groups in total. The van der Waals surface area contributed by atoms with Gasteiger partial charge in [0.25, 0.3) is 0 Å². The zero-order valence-electron chi connectivity index (χ0n) is 13.7. The van der Waals surface area contributed by atoms with Crippen LogP contribution >= 0.6 is 0 Å². The Hall–Kier alpha value is -2.44. The van der Waals surface area contributed by atoms with Crippen molar-refractivity contribution in [1.29, 1.82) is 0 Å². The lowest BCUT2D eigenvalue weighted by atomic mass is 10.0. The molecule has 0 aliphatic carbocycles. The number of halogens is 1. The molecule has 3 rings (SSSR count). The Labute approximate surface area is 145 Å². The molecule has 2 aromatic rings. The number of aliphatic hydroxyl groups excluding tert-OH is 1. The fraction of sp³-hybridized carbons (Fsp3) is 0.316. The third-order valence-electron chi connectivity index (χ3n) is 4.20. The summed E-state index contributed by atoms with van der Waals surface area (Å²) < 4.78 is 19.2. The fourth-order valence-electron chi connectivity index (χ4n) is 2.81. The van der Waals surface area contributed by atoms with E-state index >= 15 is 0 Å². The number of para-hydroxylation sites is 1. The zero-order chi connectivity index (χ0) is 17.6. The highest BCUT2D eigenvalue weighted by Gasteiger charge is 2.26. The molecule has 0 bridgehead atoms. The Morgan fingerprint density at radius 3 is 2.84 bits per heavy atom. The molecule has 1 heterocycles. The third-order valence-corrected chi connectivity index (χ3v) is 4.20. The van der Waals surface area contributed by atoms with Gasteiger partial charge in [-0.2, -0.15) is 0 Å². The van der Waals surface area contributed by atoms with Gasteiger partial charge in [-0.3, -0.25) is 4.79 Å². The first-order valence-corrected chi connectivity index (χ1v) is 8.28. The minimum atomic E-state index is -0.469. The Balaban J connectivity index is 1.55. The van der Waals surface area contributed by atoms with Crippen LogP contribution in [0.1, 0.15) is 12.0 Å². The van der Waals surface area contributed by atoms with Gasteiger partial charge < -0.3 is 20.5 Å². The molecule has 1 amide bonds. The molecule has 1 aliphatic heterocycles. The first-order valence-electron chi connectivity index (χ1n) is 8.28. The van der Waals surface area contributed by atoms with Crippen molar-refractivity contribution in [3.63, 3.8) is 0 Å². The van der Waals surface area contributed by atoms with E-state index in [-0.39, 0.29) is 17.6 Å². The average Bonchev–Trinajstić information content (AvgIpc) is 3.00. The van der Waals surface area contributed by atoms with Crippen LogP contribution in [0.5, 0.6) is 11.5 Å². The number of hydrogen-bond acceptors (Lipinski definition) is 4. The molecule has 1 aliphatic rings. The van der Waals surface area contributed by atoms with E-state index < -0.39 is 11.9 Å². The normalized spacial score (nSPS) is 19.6. The average molecular weight is 344 g/mol. The molecule has 1 saturated heterocycles. The largest absolute Gasteiger partial charge is 0.454 e. The highest BCUT2D eigenvalue weighted by molar-refractivity contribution is 5.76. The van der Waals surface area contributed by atoms with Crippen LogP contribution in [0.15, 0.2) is 48.5 Å². The van der Waals surface area contributed by atoms with E-state index in [9.17, 15) is 14.3 Å². The van der Waals surface area contributed by atoms with E-state index in [0.717, 1.165) is 5.56 Å². The number of nitrogens with one attached hydrogen (secondary N) is 2. The van der Waals surface area contributed by atoms with E-state index in [1.54, 1.807) is 36.4 Å². The summed E-state index contributed by atoms with van der Waals surface area (Å²) in [4.78, 5) is 12.0. The maximum Gasteiger partial charge on any atom is 0.220 e. The minimum absolute atomic E-state index is 0.0456. The summed E-state index contributed by atoms with van der Waals surface area (Å²) in [6.45, 7) is 1.54. The van der Waals surface area contributed by atoms with Crippen LogP contribution in [0.25, 0.3) is 0 Å². The Morgan fingerprint density at radius 2 is 2.08 bits per heavy atom. The van der Waals surface area contributed by atoms with E-state index in [2.05, 4.69) is 10.6 Å². The van der Waals surface area contributed by atoms with Crippen molar-refractivity contribution in [2.24, 2.45) is 5.92 Å². The first kappa shape index (κ1) is 17.4. The van der Waals surface area contributed by atoms with Crippen LogP contribution in [0.2, 0.25) is 0 Å². The zero-order valence-corrected chi connectivity index (χ0v) is 13.7. The number of carbonyl (C=O) groups excluding carboxylic acids is 1. The molecule has 2 aromatic carbocycles. The fourth-order valence-corrected chi connectivity index (χ4v) is 2.81. The summed E-state index contributed by atoms with van der Waals surface area (Å²) >= 11 is 0. The molecule has 25 heavy (non-hydrogen) atoms. The second-order valence-electron chi connectivity index (χ2n) is 6.15. The molecule has 0 spiro atoms. The van der Waals surface area contributed by atoms with Crippen LogP contribution in [0.4, 0.5) is 4.39 Å². The van der Waals surface area contributed by atoms with E-state index in [4.69, 9.17) is 4.74 Å². The highest BCUT2D eigenvalue weighted by atomic mass is 19.1. The number of ether oxygens (including phenoxy) is 1. The number of rotatable bonds is 6. The van der Waals surface area contributed by atoms with Gasteiger partial charge in [-0.25, -0.2) is 4.39 Å². The summed E-state index contributed by atoms with van der Waals surface area (Å²) in [5.74, 6) is 0.0903. The summed E-state index contributed by atoms with van der Waals surface area (Å²) in [6.07, 6.45) is -0.178. The first-order chi connectivity index (χ1) is 12.1. The second-order valence-corrected chi connectivity index (χ2v) is 6.15. The summed E-state index contributed by atoms with van der Waals surface area (Å²) in [5.41, 5.74) is 0.854. The van der Waals surface area contributed by atoms with Gasteiger partial charge in [0.1, 0.15) is 5.75 Å². The lowest BCUT2D eigenvalue weighted by Gasteiger charge is -2.13. The van der Waals surface area contributed by atoms with Gasteiger partial charge in [-0.1, -0.05) is 24.3 Å². The van der Waals surface area contributed by atoms with Gasteiger partial charge in [-0.15, -0.1) is 0 Å². The molecule has 0 aromatic heterocycles. The third kappa shape index (κ3) is 4.78. The lowest BCUT2D eigenvalue weighted by Crippen LogP contribution is -2.29. The summed E-state index contributed by atoms with van der Waals surface area (Å²) in [5, 5.41) is 15.6. The quantitative estimate of drug-likeness (QED) is 0.751. The van der Waals surface area contributed by atoms with Crippen LogP contribution in [0, 0.1) is 11.7 Å². The highest BCUT2D eigenvalue weighted by Crippen LogP contribution is 2.24. The van der Waals surface area contributed by atoms with Gasteiger partial charge in [0.2, 0.25) is 5.91 Å². The predicted octanol–water partition coefficient (Wildman–Crippen LogP) is 2.20. The number of β-amino-alcohol motifs (C(OH)–C–C–N with tert-alkyl or cyclic N) is 1. The molecule has 132 valence electrons. The molecule has 0 saturated carbocycles. The van der Waals surface area contributed by atoms with Gasteiger partial charge in [0.05, 0.1) is 6.10 Å². The Morgan fingerprint density at radius 1 is 1.24 bits per heavy atom. The van der Waals surface area contributed by atoms with Crippen molar-refractivity contribution in [3.8, 4) is 11.5 Å². The van der Waals surface area contributed by atoms with Crippen molar-refractivity contribution in [2.75, 3.05) is 13.1 Å². The molecule has 2 atom stereocenters. The van der Waals surface area contributed by atoms with E-state index in [1.165, 1.54) is 6.07 Å². The van der Waals surface area contributed by atoms with Crippen molar-refractivity contribution in [3.05, 3.63) is 59.9 Å².